The van der Waals surface area contributed by atoms with E-state index in [4.69, 9.17) is 9.47 Å². The highest BCUT2D eigenvalue weighted by Gasteiger charge is 2.24. The summed E-state index contributed by atoms with van der Waals surface area (Å²) in [6.07, 6.45) is 4.72. The summed E-state index contributed by atoms with van der Waals surface area (Å²) in [4.78, 5) is 0. The molecular weight excluding hydrogens is 214 g/mol. The second-order valence-corrected chi connectivity index (χ2v) is 4.85. The van der Waals surface area contributed by atoms with E-state index in [1.807, 2.05) is 0 Å². The van der Waals surface area contributed by atoms with Gasteiger partial charge in [0.2, 0.25) is 6.79 Å². The minimum absolute atomic E-state index is 0.363. The van der Waals surface area contributed by atoms with Gasteiger partial charge in [-0.3, -0.25) is 0 Å². The van der Waals surface area contributed by atoms with Crippen LogP contribution in [0.1, 0.15) is 30.4 Å². The van der Waals surface area contributed by atoms with E-state index < -0.39 is 0 Å². The molecule has 1 aromatic carbocycles. The number of hydrogen-bond acceptors (Lipinski definition) is 3. The first-order chi connectivity index (χ1) is 8.42. The second kappa shape index (κ2) is 3.42. The number of hydrogen-bond donors (Lipinski definition) is 1. The third kappa shape index (κ3) is 1.35. The third-order valence-electron chi connectivity index (χ3n) is 3.87. The van der Waals surface area contributed by atoms with E-state index in [2.05, 4.69) is 17.4 Å². The average molecular weight is 229 g/mol. The number of benzene rings is 1. The van der Waals surface area contributed by atoms with Crippen LogP contribution < -0.4 is 14.8 Å². The van der Waals surface area contributed by atoms with Gasteiger partial charge >= 0.3 is 0 Å². The normalized spacial score (nSPS) is 20.7. The van der Waals surface area contributed by atoms with Crippen molar-refractivity contribution in [3.63, 3.8) is 0 Å². The van der Waals surface area contributed by atoms with Crippen LogP contribution in [-0.2, 0) is 6.42 Å². The smallest absolute Gasteiger partial charge is 0.231 e. The molecule has 0 saturated carbocycles. The molecule has 0 fully saturated rings. The molecule has 1 aliphatic carbocycles. The molecule has 0 bridgehead atoms. The Morgan fingerprint density at radius 3 is 2.82 bits per heavy atom. The lowest BCUT2D eigenvalue weighted by Crippen LogP contribution is -2.13. The maximum Gasteiger partial charge on any atom is 0.231 e. The van der Waals surface area contributed by atoms with Crippen molar-refractivity contribution >= 4 is 5.57 Å². The molecule has 3 nitrogen and oxygen atoms in total. The number of rotatable bonds is 0. The average Bonchev–Trinajstić information content (AvgIpc) is 2.93. The quantitative estimate of drug-likeness (QED) is 0.741. The molecule has 0 aromatic heterocycles. The fourth-order valence-electron chi connectivity index (χ4n) is 3.06. The van der Waals surface area contributed by atoms with Crippen molar-refractivity contribution in [3.8, 4) is 11.5 Å². The summed E-state index contributed by atoms with van der Waals surface area (Å²) in [5, 5.41) is 3.56. The second-order valence-electron chi connectivity index (χ2n) is 4.85. The SMILES string of the molecule is c1c2c(cc3c1OCO3)C1=C(CCC1)NCC2. The zero-order valence-electron chi connectivity index (χ0n) is 9.71. The molecule has 88 valence electrons. The van der Waals surface area contributed by atoms with Gasteiger partial charge < -0.3 is 14.8 Å². The molecular formula is C14H15NO2. The Hall–Kier alpha value is -1.64. The van der Waals surface area contributed by atoms with E-state index in [-0.39, 0.29) is 0 Å². The van der Waals surface area contributed by atoms with Crippen LogP contribution in [0.5, 0.6) is 11.5 Å². The van der Waals surface area contributed by atoms with Crippen LogP contribution in [0.15, 0.2) is 17.8 Å². The molecule has 1 aromatic rings. The number of allylic oxidation sites excluding steroid dienone is 2. The summed E-state index contributed by atoms with van der Waals surface area (Å²) >= 11 is 0. The Labute approximate surface area is 100 Å². The first-order valence-electron chi connectivity index (χ1n) is 6.30. The van der Waals surface area contributed by atoms with Crippen molar-refractivity contribution in [2.45, 2.75) is 25.7 Å². The van der Waals surface area contributed by atoms with Crippen LogP contribution in [0.4, 0.5) is 0 Å². The monoisotopic (exact) mass is 229 g/mol. The van der Waals surface area contributed by atoms with Crippen molar-refractivity contribution in [1.82, 2.24) is 5.32 Å². The van der Waals surface area contributed by atoms with Gasteiger partial charge in [-0.1, -0.05) is 0 Å². The van der Waals surface area contributed by atoms with Crippen LogP contribution in [0, 0.1) is 0 Å². The van der Waals surface area contributed by atoms with Crippen LogP contribution in [0.2, 0.25) is 0 Å². The molecule has 0 saturated heterocycles. The molecule has 4 rings (SSSR count). The molecule has 0 spiro atoms. The number of fused-ring (bicyclic) bond motifs is 3. The topological polar surface area (TPSA) is 30.5 Å². The van der Waals surface area contributed by atoms with E-state index in [9.17, 15) is 0 Å². The largest absolute Gasteiger partial charge is 0.454 e. The summed E-state index contributed by atoms with van der Waals surface area (Å²) in [7, 11) is 0. The summed E-state index contributed by atoms with van der Waals surface area (Å²) in [6.45, 7) is 1.40. The first kappa shape index (κ1) is 9.40. The molecule has 2 aliphatic heterocycles. The summed E-state index contributed by atoms with van der Waals surface area (Å²) in [5.41, 5.74) is 5.72. The van der Waals surface area contributed by atoms with Crippen molar-refractivity contribution in [3.05, 3.63) is 29.0 Å². The molecule has 0 radical (unpaired) electrons. The molecule has 3 aliphatic rings. The summed E-state index contributed by atoms with van der Waals surface area (Å²) in [5.74, 6) is 1.81. The lowest BCUT2D eigenvalue weighted by molar-refractivity contribution is 0.174. The first-order valence-corrected chi connectivity index (χ1v) is 6.30. The van der Waals surface area contributed by atoms with Gasteiger partial charge in [0.25, 0.3) is 0 Å². The van der Waals surface area contributed by atoms with Gasteiger partial charge in [-0.05, 0) is 54.5 Å². The van der Waals surface area contributed by atoms with Crippen LogP contribution in [-0.4, -0.2) is 13.3 Å². The van der Waals surface area contributed by atoms with E-state index in [0.29, 0.717) is 6.79 Å². The highest BCUT2D eigenvalue weighted by Crippen LogP contribution is 2.42. The Kier molecular flexibility index (Phi) is 1.89. The Balaban J connectivity index is 1.91. The standard InChI is InChI=1S/C14H15NO2/c1-2-10-11-7-14-13(16-8-17-14)6-9(11)4-5-15-12(10)3-1/h6-7,15H,1-5,8H2. The Morgan fingerprint density at radius 2 is 1.88 bits per heavy atom. The predicted octanol–water partition coefficient (Wildman–Crippen LogP) is 2.46. The van der Waals surface area contributed by atoms with Gasteiger partial charge in [-0.2, -0.15) is 0 Å². The van der Waals surface area contributed by atoms with Gasteiger partial charge in [0, 0.05) is 12.2 Å². The zero-order valence-corrected chi connectivity index (χ0v) is 9.71. The zero-order chi connectivity index (χ0) is 11.2. The van der Waals surface area contributed by atoms with Crippen molar-refractivity contribution < 1.29 is 9.47 Å². The lowest BCUT2D eigenvalue weighted by Gasteiger charge is -2.09. The number of ether oxygens (including phenoxy) is 2. The van der Waals surface area contributed by atoms with Gasteiger partial charge in [0.1, 0.15) is 0 Å². The van der Waals surface area contributed by atoms with Gasteiger partial charge in [0.05, 0.1) is 0 Å². The van der Waals surface area contributed by atoms with Crippen molar-refractivity contribution in [1.29, 1.82) is 0 Å². The van der Waals surface area contributed by atoms with Gasteiger partial charge in [-0.25, -0.2) is 0 Å². The van der Waals surface area contributed by atoms with E-state index in [1.54, 1.807) is 0 Å². The number of nitrogens with one attached hydrogen (secondary N) is 1. The van der Waals surface area contributed by atoms with Crippen LogP contribution in [0.3, 0.4) is 0 Å². The van der Waals surface area contributed by atoms with E-state index in [1.165, 1.54) is 41.7 Å². The maximum absolute atomic E-state index is 5.49. The van der Waals surface area contributed by atoms with Gasteiger partial charge in [0.15, 0.2) is 11.5 Å². The predicted molar refractivity (Wildman–Crippen MR) is 65.0 cm³/mol. The highest BCUT2D eigenvalue weighted by atomic mass is 16.7. The molecule has 2 heterocycles. The molecule has 17 heavy (non-hydrogen) atoms. The highest BCUT2D eigenvalue weighted by molar-refractivity contribution is 5.75. The Morgan fingerprint density at radius 1 is 1.00 bits per heavy atom. The van der Waals surface area contributed by atoms with Crippen molar-refractivity contribution in [2.75, 3.05) is 13.3 Å². The minimum atomic E-state index is 0.363. The molecule has 3 heteroatoms. The van der Waals surface area contributed by atoms with Crippen LogP contribution >= 0.6 is 0 Å². The minimum Gasteiger partial charge on any atom is -0.454 e. The molecule has 0 unspecified atom stereocenters. The van der Waals surface area contributed by atoms with E-state index >= 15 is 0 Å². The van der Waals surface area contributed by atoms with Gasteiger partial charge in [-0.15, -0.1) is 0 Å². The lowest BCUT2D eigenvalue weighted by atomic mass is 9.97. The summed E-state index contributed by atoms with van der Waals surface area (Å²) in [6, 6.07) is 4.33. The molecule has 1 N–H and O–H groups in total. The Bertz CT molecular complexity index is 519. The summed E-state index contributed by atoms with van der Waals surface area (Å²) < 4.78 is 10.9. The van der Waals surface area contributed by atoms with Crippen molar-refractivity contribution in [2.24, 2.45) is 0 Å². The molecule has 0 amide bonds. The maximum atomic E-state index is 5.49. The van der Waals surface area contributed by atoms with E-state index in [0.717, 1.165) is 24.5 Å². The third-order valence-corrected chi connectivity index (χ3v) is 3.87. The fourth-order valence-corrected chi connectivity index (χ4v) is 3.06. The fraction of sp³-hybridized carbons (Fsp3) is 0.429. The van der Waals surface area contributed by atoms with Crippen LogP contribution in [0.25, 0.3) is 5.57 Å². The molecule has 0 atom stereocenters.